The van der Waals surface area contributed by atoms with Crippen LogP contribution in [0.3, 0.4) is 0 Å². The standard InChI is InChI=1S/C14H17N3O/c1-15-13-10-6-3-2-4-7-11(10)16-14(17-13)12-8-5-9-18-12/h5,8-9H,2-4,6-7H2,1H3,(H,15,16,17). The fraction of sp³-hybridized carbons (Fsp3) is 0.429. The molecule has 1 aliphatic carbocycles. The van der Waals surface area contributed by atoms with Gasteiger partial charge in [-0.2, -0.15) is 0 Å². The third-order valence-corrected chi connectivity index (χ3v) is 3.41. The Morgan fingerprint density at radius 2 is 2.06 bits per heavy atom. The van der Waals surface area contributed by atoms with E-state index >= 15 is 0 Å². The van der Waals surface area contributed by atoms with Crippen LogP contribution >= 0.6 is 0 Å². The van der Waals surface area contributed by atoms with Crippen LogP contribution in [-0.4, -0.2) is 17.0 Å². The number of fused-ring (bicyclic) bond motifs is 1. The topological polar surface area (TPSA) is 51.0 Å². The molecule has 0 amide bonds. The maximum atomic E-state index is 5.39. The molecular formula is C14H17N3O. The van der Waals surface area contributed by atoms with E-state index in [1.807, 2.05) is 19.2 Å². The average Bonchev–Trinajstić information content (AvgIpc) is 2.83. The van der Waals surface area contributed by atoms with Crippen LogP contribution in [0, 0.1) is 0 Å². The van der Waals surface area contributed by atoms with Crippen LogP contribution in [-0.2, 0) is 12.8 Å². The lowest BCUT2D eigenvalue weighted by Crippen LogP contribution is -2.06. The largest absolute Gasteiger partial charge is 0.461 e. The molecule has 1 N–H and O–H groups in total. The molecule has 0 bridgehead atoms. The van der Waals surface area contributed by atoms with Gasteiger partial charge < -0.3 is 9.73 Å². The summed E-state index contributed by atoms with van der Waals surface area (Å²) in [7, 11) is 1.92. The van der Waals surface area contributed by atoms with Gasteiger partial charge in [0.05, 0.1) is 6.26 Å². The second-order valence-electron chi connectivity index (χ2n) is 4.61. The first-order chi connectivity index (χ1) is 8.88. The van der Waals surface area contributed by atoms with Crippen molar-refractivity contribution in [2.24, 2.45) is 0 Å². The van der Waals surface area contributed by atoms with Crippen molar-refractivity contribution in [2.75, 3.05) is 12.4 Å². The molecule has 3 rings (SSSR count). The van der Waals surface area contributed by atoms with Crippen LogP contribution in [0.4, 0.5) is 5.82 Å². The zero-order chi connectivity index (χ0) is 12.4. The van der Waals surface area contributed by atoms with E-state index in [0.29, 0.717) is 5.82 Å². The molecule has 4 nitrogen and oxygen atoms in total. The van der Waals surface area contributed by atoms with Crippen LogP contribution in [0.15, 0.2) is 22.8 Å². The summed E-state index contributed by atoms with van der Waals surface area (Å²) in [6.07, 6.45) is 7.49. The first-order valence-corrected chi connectivity index (χ1v) is 6.50. The number of nitrogens with one attached hydrogen (secondary N) is 1. The molecule has 0 saturated carbocycles. The highest BCUT2D eigenvalue weighted by atomic mass is 16.3. The molecule has 2 aromatic rings. The summed E-state index contributed by atoms with van der Waals surface area (Å²) in [5, 5.41) is 3.19. The Morgan fingerprint density at radius 1 is 1.17 bits per heavy atom. The van der Waals surface area contributed by atoms with E-state index in [4.69, 9.17) is 4.42 Å². The Kier molecular flexibility index (Phi) is 3.00. The smallest absolute Gasteiger partial charge is 0.197 e. The highest BCUT2D eigenvalue weighted by Crippen LogP contribution is 2.27. The first-order valence-electron chi connectivity index (χ1n) is 6.50. The third kappa shape index (κ3) is 1.98. The molecule has 0 unspecified atom stereocenters. The predicted molar refractivity (Wildman–Crippen MR) is 70.5 cm³/mol. The zero-order valence-corrected chi connectivity index (χ0v) is 10.6. The van der Waals surface area contributed by atoms with Gasteiger partial charge in [-0.15, -0.1) is 0 Å². The van der Waals surface area contributed by atoms with Gasteiger partial charge >= 0.3 is 0 Å². The van der Waals surface area contributed by atoms with E-state index in [-0.39, 0.29) is 0 Å². The van der Waals surface area contributed by atoms with Gasteiger partial charge in [0.15, 0.2) is 11.6 Å². The highest BCUT2D eigenvalue weighted by molar-refractivity contribution is 5.55. The number of anilines is 1. The maximum absolute atomic E-state index is 5.39. The highest BCUT2D eigenvalue weighted by Gasteiger charge is 2.17. The Hall–Kier alpha value is -1.84. The summed E-state index contributed by atoms with van der Waals surface area (Å²) in [6.45, 7) is 0. The summed E-state index contributed by atoms with van der Waals surface area (Å²) < 4.78 is 5.39. The van der Waals surface area contributed by atoms with E-state index in [1.165, 1.54) is 30.5 Å². The van der Waals surface area contributed by atoms with Crippen molar-refractivity contribution in [2.45, 2.75) is 32.1 Å². The Balaban J connectivity index is 2.10. The number of nitrogens with zero attached hydrogens (tertiary/aromatic N) is 2. The maximum Gasteiger partial charge on any atom is 0.197 e. The van der Waals surface area contributed by atoms with Crippen molar-refractivity contribution < 1.29 is 4.42 Å². The number of hydrogen-bond acceptors (Lipinski definition) is 4. The minimum atomic E-state index is 0.685. The van der Waals surface area contributed by atoms with E-state index in [0.717, 1.165) is 24.4 Å². The minimum Gasteiger partial charge on any atom is -0.461 e. The van der Waals surface area contributed by atoms with Crippen molar-refractivity contribution in [3.05, 3.63) is 29.7 Å². The average molecular weight is 243 g/mol. The molecule has 4 heteroatoms. The number of rotatable bonds is 2. The monoisotopic (exact) mass is 243 g/mol. The van der Waals surface area contributed by atoms with Crippen molar-refractivity contribution >= 4 is 5.82 Å². The Labute approximate surface area is 106 Å². The van der Waals surface area contributed by atoms with Gasteiger partial charge in [-0.1, -0.05) is 6.42 Å². The van der Waals surface area contributed by atoms with Crippen molar-refractivity contribution in [3.63, 3.8) is 0 Å². The third-order valence-electron chi connectivity index (χ3n) is 3.41. The van der Waals surface area contributed by atoms with Crippen molar-refractivity contribution in [1.82, 2.24) is 9.97 Å². The van der Waals surface area contributed by atoms with Gasteiger partial charge in [0.25, 0.3) is 0 Å². The summed E-state index contributed by atoms with van der Waals surface area (Å²) >= 11 is 0. The number of aryl methyl sites for hydroxylation is 1. The molecule has 0 atom stereocenters. The van der Waals surface area contributed by atoms with Crippen molar-refractivity contribution in [1.29, 1.82) is 0 Å². The van der Waals surface area contributed by atoms with E-state index in [1.54, 1.807) is 6.26 Å². The van der Waals surface area contributed by atoms with Crippen molar-refractivity contribution in [3.8, 4) is 11.6 Å². The number of aromatic nitrogens is 2. The first kappa shape index (κ1) is 11.3. The molecule has 0 aliphatic heterocycles. The lowest BCUT2D eigenvalue weighted by atomic mass is 10.1. The van der Waals surface area contributed by atoms with Crippen LogP contribution in [0.2, 0.25) is 0 Å². The normalized spacial score (nSPS) is 14.9. The quantitative estimate of drug-likeness (QED) is 0.824. The molecule has 0 radical (unpaired) electrons. The van der Waals surface area contributed by atoms with Gasteiger partial charge in [0.2, 0.25) is 0 Å². The van der Waals surface area contributed by atoms with Crippen LogP contribution in [0.1, 0.15) is 30.5 Å². The minimum absolute atomic E-state index is 0.685. The Bertz CT molecular complexity index is 534. The number of furan rings is 1. The molecule has 18 heavy (non-hydrogen) atoms. The fourth-order valence-corrected chi connectivity index (χ4v) is 2.49. The van der Waals surface area contributed by atoms with E-state index < -0.39 is 0 Å². The van der Waals surface area contributed by atoms with Crippen LogP contribution in [0.25, 0.3) is 11.6 Å². The molecule has 0 saturated heterocycles. The molecule has 94 valence electrons. The second-order valence-corrected chi connectivity index (χ2v) is 4.61. The van der Waals surface area contributed by atoms with Crippen LogP contribution < -0.4 is 5.32 Å². The van der Waals surface area contributed by atoms with Gasteiger partial charge in [0.1, 0.15) is 5.82 Å². The summed E-state index contributed by atoms with van der Waals surface area (Å²) in [5.74, 6) is 2.37. The number of hydrogen-bond donors (Lipinski definition) is 1. The molecule has 0 spiro atoms. The molecule has 2 aromatic heterocycles. The summed E-state index contributed by atoms with van der Waals surface area (Å²) in [6, 6.07) is 3.77. The SMILES string of the molecule is CNc1nc(-c2ccco2)nc2c1CCCCC2. The van der Waals surface area contributed by atoms with Gasteiger partial charge in [0, 0.05) is 18.3 Å². The predicted octanol–water partition coefficient (Wildman–Crippen LogP) is 3.05. The van der Waals surface area contributed by atoms with Gasteiger partial charge in [-0.3, -0.25) is 0 Å². The van der Waals surface area contributed by atoms with Crippen LogP contribution in [0.5, 0.6) is 0 Å². The molecule has 0 aromatic carbocycles. The molecular weight excluding hydrogens is 226 g/mol. The lowest BCUT2D eigenvalue weighted by Gasteiger charge is -2.11. The van der Waals surface area contributed by atoms with Gasteiger partial charge in [-0.05, 0) is 37.8 Å². The fourth-order valence-electron chi connectivity index (χ4n) is 2.49. The molecule has 0 fully saturated rings. The summed E-state index contributed by atoms with van der Waals surface area (Å²) in [5.41, 5.74) is 2.46. The van der Waals surface area contributed by atoms with E-state index in [9.17, 15) is 0 Å². The molecule has 2 heterocycles. The zero-order valence-electron chi connectivity index (χ0n) is 10.6. The molecule has 1 aliphatic rings. The van der Waals surface area contributed by atoms with Gasteiger partial charge in [-0.25, -0.2) is 9.97 Å². The van der Waals surface area contributed by atoms with E-state index in [2.05, 4.69) is 15.3 Å². The second kappa shape index (κ2) is 4.80. The summed E-state index contributed by atoms with van der Waals surface area (Å²) in [4.78, 5) is 9.25. The lowest BCUT2D eigenvalue weighted by molar-refractivity contribution is 0.576. The Morgan fingerprint density at radius 3 is 2.83 bits per heavy atom.